The summed E-state index contributed by atoms with van der Waals surface area (Å²) in [5.74, 6) is -0.277. The molecule has 0 fully saturated rings. The van der Waals surface area contributed by atoms with Crippen LogP contribution in [0.3, 0.4) is 0 Å². The van der Waals surface area contributed by atoms with Gasteiger partial charge in [-0.15, -0.1) is 0 Å². The number of carbonyl (C=O) groups is 1. The number of fused-ring (bicyclic) bond motifs is 1. The summed E-state index contributed by atoms with van der Waals surface area (Å²) < 4.78 is 7.27. The first kappa shape index (κ1) is 17.2. The van der Waals surface area contributed by atoms with Crippen molar-refractivity contribution in [3.05, 3.63) is 41.1 Å². The van der Waals surface area contributed by atoms with Gasteiger partial charge in [-0.05, 0) is 38.0 Å². The van der Waals surface area contributed by atoms with Crippen LogP contribution in [0.4, 0.5) is 0 Å². The molecule has 0 aromatic heterocycles. The molecule has 1 atom stereocenters. The van der Waals surface area contributed by atoms with Gasteiger partial charge in [-0.1, -0.05) is 18.2 Å². The van der Waals surface area contributed by atoms with Crippen molar-refractivity contribution in [3.63, 3.8) is 0 Å². The second-order valence-corrected chi connectivity index (χ2v) is 7.70. The number of rotatable bonds is 3. The zero-order valence-corrected chi connectivity index (χ0v) is 15.6. The van der Waals surface area contributed by atoms with E-state index < -0.39 is 11.6 Å². The SMILES string of the molecule is CC(C)(C)OC(=O)Cc1cccc2c1C(C#N)N(SI)C=C2. The van der Waals surface area contributed by atoms with Crippen LogP contribution in [0.2, 0.25) is 0 Å². The zero-order valence-electron chi connectivity index (χ0n) is 12.7. The van der Waals surface area contributed by atoms with E-state index >= 15 is 0 Å². The minimum atomic E-state index is -0.509. The van der Waals surface area contributed by atoms with Crippen molar-refractivity contribution in [2.45, 2.75) is 38.8 Å². The molecular formula is C16H17IN2O2S. The molecule has 0 bridgehead atoms. The van der Waals surface area contributed by atoms with Crippen LogP contribution in [-0.2, 0) is 16.0 Å². The maximum atomic E-state index is 12.1. The van der Waals surface area contributed by atoms with E-state index in [2.05, 4.69) is 27.3 Å². The van der Waals surface area contributed by atoms with Gasteiger partial charge in [0.2, 0.25) is 0 Å². The Morgan fingerprint density at radius 2 is 2.23 bits per heavy atom. The van der Waals surface area contributed by atoms with Crippen molar-refractivity contribution < 1.29 is 9.53 Å². The molecule has 1 aromatic carbocycles. The predicted octanol–water partition coefficient (Wildman–Crippen LogP) is 4.42. The van der Waals surface area contributed by atoms with Gasteiger partial charge in [0.05, 0.1) is 12.5 Å². The molecule has 1 unspecified atom stereocenters. The normalized spacial score (nSPS) is 16.9. The molecule has 0 aliphatic carbocycles. The Balaban J connectivity index is 2.34. The highest BCUT2D eigenvalue weighted by Crippen LogP contribution is 2.38. The maximum absolute atomic E-state index is 12.1. The van der Waals surface area contributed by atoms with Crippen LogP contribution in [0.15, 0.2) is 24.4 Å². The molecule has 0 N–H and O–H groups in total. The van der Waals surface area contributed by atoms with Crippen molar-refractivity contribution in [3.8, 4) is 6.07 Å². The third-order valence-corrected chi connectivity index (χ3v) is 4.97. The van der Waals surface area contributed by atoms with Crippen LogP contribution in [0.25, 0.3) is 6.08 Å². The molecular weight excluding hydrogens is 411 g/mol. The molecule has 4 nitrogen and oxygen atoms in total. The fourth-order valence-electron chi connectivity index (χ4n) is 2.35. The van der Waals surface area contributed by atoms with E-state index in [-0.39, 0.29) is 12.4 Å². The highest BCUT2D eigenvalue weighted by molar-refractivity contribution is 14.2. The predicted molar refractivity (Wildman–Crippen MR) is 96.8 cm³/mol. The number of nitrogens with zero attached hydrogens (tertiary/aromatic N) is 2. The minimum absolute atomic E-state index is 0.173. The standard InChI is InChI=1S/C16H17IN2O2S/c1-16(2,3)21-14(20)9-12-6-4-5-11-7-8-19(22-17)13(10-18)15(11)12/h4-8,13H,9H2,1-3H3. The summed E-state index contributed by atoms with van der Waals surface area (Å²) in [6.45, 7) is 5.54. The van der Waals surface area contributed by atoms with Crippen molar-refractivity contribution in [2.75, 3.05) is 0 Å². The topological polar surface area (TPSA) is 53.3 Å². The lowest BCUT2D eigenvalue weighted by Crippen LogP contribution is -2.26. The molecule has 1 aliphatic rings. The summed E-state index contributed by atoms with van der Waals surface area (Å²) >= 11 is 2.15. The summed E-state index contributed by atoms with van der Waals surface area (Å²) in [5, 5.41) is 9.53. The lowest BCUT2D eigenvalue weighted by Gasteiger charge is -2.29. The van der Waals surface area contributed by atoms with Gasteiger partial charge in [-0.3, -0.25) is 9.10 Å². The van der Waals surface area contributed by atoms with E-state index in [1.807, 2.05) is 55.6 Å². The molecule has 0 spiro atoms. The van der Waals surface area contributed by atoms with Gasteiger partial charge >= 0.3 is 5.97 Å². The van der Waals surface area contributed by atoms with Crippen LogP contribution >= 0.6 is 30.3 Å². The van der Waals surface area contributed by atoms with E-state index in [1.165, 1.54) is 9.12 Å². The van der Waals surface area contributed by atoms with Crippen molar-refractivity contribution in [1.82, 2.24) is 4.31 Å². The first-order valence-corrected chi connectivity index (χ1v) is 10.2. The Bertz CT molecular complexity index is 647. The first-order valence-electron chi connectivity index (χ1n) is 6.84. The van der Waals surface area contributed by atoms with Crippen LogP contribution in [0.1, 0.15) is 43.5 Å². The number of benzene rings is 1. The number of hydrogen-bond donors (Lipinski definition) is 0. The van der Waals surface area contributed by atoms with Crippen LogP contribution in [0.5, 0.6) is 0 Å². The van der Waals surface area contributed by atoms with Gasteiger partial charge < -0.3 is 4.74 Å². The molecule has 6 heteroatoms. The highest BCUT2D eigenvalue weighted by Gasteiger charge is 2.27. The lowest BCUT2D eigenvalue weighted by atomic mass is 9.91. The Kier molecular flexibility index (Phi) is 5.40. The molecule has 1 aliphatic heterocycles. The number of halogens is 1. The first-order chi connectivity index (χ1) is 10.4. The summed E-state index contributed by atoms with van der Waals surface area (Å²) in [5.41, 5.74) is 2.21. The van der Waals surface area contributed by atoms with Crippen molar-refractivity contribution in [2.24, 2.45) is 0 Å². The number of nitriles is 1. The Labute approximate surface area is 147 Å². The second-order valence-electron chi connectivity index (χ2n) is 5.96. The van der Waals surface area contributed by atoms with Gasteiger partial charge in [0.15, 0.2) is 6.04 Å². The van der Waals surface area contributed by atoms with E-state index in [0.717, 1.165) is 16.7 Å². The van der Waals surface area contributed by atoms with E-state index in [0.29, 0.717) is 0 Å². The van der Waals surface area contributed by atoms with Crippen molar-refractivity contribution >= 4 is 42.4 Å². The number of ether oxygens (including phenoxy) is 1. The summed E-state index contributed by atoms with van der Waals surface area (Å²) in [7, 11) is 1.46. The quantitative estimate of drug-likeness (QED) is 0.405. The summed E-state index contributed by atoms with van der Waals surface area (Å²) in [4.78, 5) is 12.1. The molecule has 116 valence electrons. The summed E-state index contributed by atoms with van der Waals surface area (Å²) in [6, 6.07) is 7.68. The average molecular weight is 428 g/mol. The van der Waals surface area contributed by atoms with Gasteiger partial charge in [0.1, 0.15) is 5.60 Å². The molecule has 22 heavy (non-hydrogen) atoms. The average Bonchev–Trinajstić information content (AvgIpc) is 2.44. The van der Waals surface area contributed by atoms with Gasteiger partial charge in [-0.2, -0.15) is 5.26 Å². The van der Waals surface area contributed by atoms with Gasteiger partial charge in [0.25, 0.3) is 0 Å². The Hall–Kier alpha value is -1.20. The lowest BCUT2D eigenvalue weighted by molar-refractivity contribution is -0.153. The third kappa shape index (κ3) is 3.96. The third-order valence-electron chi connectivity index (χ3n) is 3.12. The van der Waals surface area contributed by atoms with Crippen LogP contribution in [-0.4, -0.2) is 15.9 Å². The number of esters is 1. The molecule has 2 rings (SSSR count). The number of carbonyl (C=O) groups excluding carboxylic acids is 1. The fraction of sp³-hybridized carbons (Fsp3) is 0.375. The van der Waals surface area contributed by atoms with E-state index in [4.69, 9.17) is 4.74 Å². The van der Waals surface area contributed by atoms with E-state index in [1.54, 1.807) is 0 Å². The molecule has 0 saturated carbocycles. The van der Waals surface area contributed by atoms with E-state index in [9.17, 15) is 10.1 Å². The monoisotopic (exact) mass is 428 g/mol. The second kappa shape index (κ2) is 6.92. The fourth-order valence-corrected chi connectivity index (χ4v) is 3.77. The molecule has 1 heterocycles. The highest BCUT2D eigenvalue weighted by atomic mass is 127. The summed E-state index contributed by atoms with van der Waals surface area (Å²) in [6.07, 6.45) is 4.03. The molecule has 1 aromatic rings. The van der Waals surface area contributed by atoms with Crippen LogP contribution < -0.4 is 0 Å². The van der Waals surface area contributed by atoms with Crippen LogP contribution in [0, 0.1) is 11.3 Å². The number of hydrogen-bond acceptors (Lipinski definition) is 5. The Morgan fingerprint density at radius 1 is 1.50 bits per heavy atom. The Morgan fingerprint density at radius 3 is 2.82 bits per heavy atom. The molecule has 0 saturated heterocycles. The zero-order chi connectivity index (χ0) is 16.3. The smallest absolute Gasteiger partial charge is 0.310 e. The largest absolute Gasteiger partial charge is 0.460 e. The van der Waals surface area contributed by atoms with Gasteiger partial charge in [-0.25, -0.2) is 0 Å². The molecule has 0 radical (unpaired) electrons. The maximum Gasteiger partial charge on any atom is 0.310 e. The van der Waals surface area contributed by atoms with Crippen molar-refractivity contribution in [1.29, 1.82) is 5.26 Å². The molecule has 0 amide bonds. The minimum Gasteiger partial charge on any atom is -0.460 e. The van der Waals surface area contributed by atoms with Gasteiger partial charge in [0, 0.05) is 42.1 Å².